The van der Waals surface area contributed by atoms with Crippen LogP contribution in [0.5, 0.6) is 0 Å². The molecule has 0 saturated carbocycles. The zero-order chi connectivity index (χ0) is 18.1. The van der Waals surface area contributed by atoms with E-state index in [1.54, 1.807) is 0 Å². The standard InChI is InChI=1S/C17H32N6O2.HI/c1-5-18-17(20-12-14(4)23-8-10-24-11-9-23)19-7-6-15-21-16(13(2)3)22-25-15;/h13-14H,5-12H2,1-4H3,(H2,18,19,20);1H. The molecule has 0 bridgehead atoms. The third-order valence-corrected chi connectivity index (χ3v) is 4.16. The van der Waals surface area contributed by atoms with Gasteiger partial charge in [0, 0.05) is 44.6 Å². The number of nitrogens with zero attached hydrogens (tertiary/aromatic N) is 4. The molecule has 0 spiro atoms. The predicted molar refractivity (Wildman–Crippen MR) is 113 cm³/mol. The van der Waals surface area contributed by atoms with Crippen molar-refractivity contribution in [1.29, 1.82) is 0 Å². The first-order valence-corrected chi connectivity index (χ1v) is 9.26. The van der Waals surface area contributed by atoms with Crippen LogP contribution in [0.4, 0.5) is 0 Å². The van der Waals surface area contributed by atoms with E-state index in [9.17, 15) is 0 Å². The van der Waals surface area contributed by atoms with Gasteiger partial charge < -0.3 is 19.9 Å². The monoisotopic (exact) mass is 480 g/mol. The summed E-state index contributed by atoms with van der Waals surface area (Å²) in [5.74, 6) is 2.53. The molecule has 0 amide bonds. The maximum absolute atomic E-state index is 5.40. The number of hydrogen-bond donors (Lipinski definition) is 2. The van der Waals surface area contributed by atoms with Gasteiger partial charge in [0.05, 0.1) is 19.8 Å². The first-order chi connectivity index (χ1) is 12.1. The van der Waals surface area contributed by atoms with Crippen LogP contribution in [0, 0.1) is 0 Å². The van der Waals surface area contributed by atoms with Crippen molar-refractivity contribution in [2.75, 3.05) is 45.9 Å². The van der Waals surface area contributed by atoms with Gasteiger partial charge in [0.25, 0.3) is 0 Å². The Bertz CT molecular complexity index is 531. The molecular formula is C17H33IN6O2. The molecule has 1 aliphatic heterocycles. The van der Waals surface area contributed by atoms with Crippen molar-refractivity contribution >= 4 is 29.9 Å². The summed E-state index contributed by atoms with van der Waals surface area (Å²) in [7, 11) is 0. The second-order valence-corrected chi connectivity index (χ2v) is 6.59. The molecule has 2 N–H and O–H groups in total. The van der Waals surface area contributed by atoms with E-state index in [0.717, 1.165) is 51.2 Å². The summed E-state index contributed by atoms with van der Waals surface area (Å²) < 4.78 is 10.7. The molecule has 26 heavy (non-hydrogen) atoms. The minimum Gasteiger partial charge on any atom is -0.379 e. The molecule has 1 saturated heterocycles. The van der Waals surface area contributed by atoms with Crippen molar-refractivity contribution in [3.8, 4) is 0 Å². The molecule has 0 aliphatic carbocycles. The van der Waals surface area contributed by atoms with Crippen LogP contribution < -0.4 is 10.6 Å². The second-order valence-electron chi connectivity index (χ2n) is 6.59. The van der Waals surface area contributed by atoms with Crippen LogP contribution in [0.2, 0.25) is 0 Å². The van der Waals surface area contributed by atoms with Crippen LogP contribution in [0.3, 0.4) is 0 Å². The lowest BCUT2D eigenvalue weighted by Crippen LogP contribution is -2.44. The predicted octanol–water partition coefficient (Wildman–Crippen LogP) is 1.63. The molecule has 0 aromatic carbocycles. The number of ether oxygens (including phenoxy) is 1. The molecule has 1 aliphatic rings. The number of nitrogens with one attached hydrogen (secondary N) is 2. The van der Waals surface area contributed by atoms with Crippen molar-refractivity contribution in [2.45, 2.75) is 46.1 Å². The maximum Gasteiger partial charge on any atom is 0.228 e. The van der Waals surface area contributed by atoms with Gasteiger partial charge >= 0.3 is 0 Å². The van der Waals surface area contributed by atoms with Gasteiger partial charge in [0.2, 0.25) is 5.89 Å². The van der Waals surface area contributed by atoms with E-state index in [1.807, 2.05) is 0 Å². The summed E-state index contributed by atoms with van der Waals surface area (Å²) in [6.45, 7) is 14.3. The topological polar surface area (TPSA) is 87.8 Å². The Balaban J connectivity index is 0.00000338. The largest absolute Gasteiger partial charge is 0.379 e. The smallest absolute Gasteiger partial charge is 0.228 e. The molecule has 8 nitrogen and oxygen atoms in total. The summed E-state index contributed by atoms with van der Waals surface area (Å²) in [4.78, 5) is 11.5. The average Bonchev–Trinajstić information content (AvgIpc) is 3.09. The molecule has 0 radical (unpaired) electrons. The zero-order valence-electron chi connectivity index (χ0n) is 16.3. The third kappa shape index (κ3) is 7.75. The number of guanidine groups is 1. The van der Waals surface area contributed by atoms with Gasteiger partial charge in [-0.25, -0.2) is 0 Å². The van der Waals surface area contributed by atoms with Crippen LogP contribution in [0.1, 0.15) is 45.3 Å². The average molecular weight is 480 g/mol. The molecule has 1 atom stereocenters. The highest BCUT2D eigenvalue weighted by Gasteiger charge is 2.16. The molecule has 2 rings (SSSR count). The van der Waals surface area contributed by atoms with Gasteiger partial charge in [-0.2, -0.15) is 4.98 Å². The maximum atomic E-state index is 5.40. The molecule has 1 aromatic rings. The molecular weight excluding hydrogens is 447 g/mol. The van der Waals surface area contributed by atoms with Crippen molar-refractivity contribution in [3.05, 3.63) is 11.7 Å². The minimum atomic E-state index is 0. The molecule has 9 heteroatoms. The summed E-state index contributed by atoms with van der Waals surface area (Å²) in [5.41, 5.74) is 0. The van der Waals surface area contributed by atoms with Crippen molar-refractivity contribution in [2.24, 2.45) is 4.99 Å². The Labute approximate surface area is 173 Å². The van der Waals surface area contributed by atoms with Crippen LogP contribution in [-0.4, -0.2) is 73.0 Å². The van der Waals surface area contributed by atoms with E-state index in [-0.39, 0.29) is 29.9 Å². The highest BCUT2D eigenvalue weighted by atomic mass is 127. The van der Waals surface area contributed by atoms with Crippen molar-refractivity contribution < 1.29 is 9.26 Å². The highest BCUT2D eigenvalue weighted by molar-refractivity contribution is 14.0. The van der Waals surface area contributed by atoms with E-state index in [4.69, 9.17) is 14.3 Å². The van der Waals surface area contributed by atoms with Gasteiger partial charge in [-0.05, 0) is 13.8 Å². The number of aromatic nitrogens is 2. The van der Waals surface area contributed by atoms with Gasteiger partial charge in [0.15, 0.2) is 11.8 Å². The normalized spacial score (nSPS) is 17.0. The fourth-order valence-electron chi connectivity index (χ4n) is 2.59. The fourth-order valence-corrected chi connectivity index (χ4v) is 2.59. The minimum absolute atomic E-state index is 0. The molecule has 2 heterocycles. The number of rotatable bonds is 8. The van der Waals surface area contributed by atoms with Crippen LogP contribution >= 0.6 is 24.0 Å². The third-order valence-electron chi connectivity index (χ3n) is 4.16. The van der Waals surface area contributed by atoms with Crippen molar-refractivity contribution in [3.63, 3.8) is 0 Å². The van der Waals surface area contributed by atoms with E-state index in [1.165, 1.54) is 0 Å². The Hall–Kier alpha value is -0.940. The lowest BCUT2D eigenvalue weighted by Gasteiger charge is -2.31. The van der Waals surface area contributed by atoms with Gasteiger partial charge in [-0.3, -0.25) is 9.89 Å². The van der Waals surface area contributed by atoms with Gasteiger partial charge in [-0.1, -0.05) is 19.0 Å². The second kappa shape index (κ2) is 12.4. The summed E-state index contributed by atoms with van der Waals surface area (Å²) in [6.07, 6.45) is 0.684. The number of hydrogen-bond acceptors (Lipinski definition) is 6. The molecule has 150 valence electrons. The molecule has 1 aromatic heterocycles. The van der Waals surface area contributed by atoms with E-state index in [0.29, 0.717) is 24.9 Å². The highest BCUT2D eigenvalue weighted by Crippen LogP contribution is 2.09. The number of morpholine rings is 1. The number of halogens is 1. The zero-order valence-corrected chi connectivity index (χ0v) is 18.7. The molecule has 1 unspecified atom stereocenters. The Morgan fingerprint density at radius 2 is 1.96 bits per heavy atom. The number of aliphatic imine (C=N–C) groups is 1. The first-order valence-electron chi connectivity index (χ1n) is 9.26. The van der Waals surface area contributed by atoms with Crippen LogP contribution in [-0.2, 0) is 11.2 Å². The quantitative estimate of drug-likeness (QED) is 0.332. The Morgan fingerprint density at radius 3 is 2.58 bits per heavy atom. The van der Waals surface area contributed by atoms with E-state index >= 15 is 0 Å². The summed E-state index contributed by atoms with van der Waals surface area (Å²) in [5, 5.41) is 10.6. The fraction of sp³-hybridized carbons (Fsp3) is 0.824. The SMILES string of the molecule is CCNC(=NCC(C)N1CCOCC1)NCCc1nc(C(C)C)no1.I. The van der Waals surface area contributed by atoms with E-state index in [2.05, 4.69) is 53.4 Å². The molecule has 1 fully saturated rings. The Kier molecular flexibility index (Phi) is 11.1. The lowest BCUT2D eigenvalue weighted by atomic mass is 10.2. The van der Waals surface area contributed by atoms with E-state index < -0.39 is 0 Å². The van der Waals surface area contributed by atoms with Crippen LogP contribution in [0.25, 0.3) is 0 Å². The first kappa shape index (κ1) is 23.1. The van der Waals surface area contributed by atoms with Crippen molar-refractivity contribution in [1.82, 2.24) is 25.7 Å². The van der Waals surface area contributed by atoms with Gasteiger partial charge in [-0.15, -0.1) is 24.0 Å². The Morgan fingerprint density at radius 1 is 1.23 bits per heavy atom. The summed E-state index contributed by atoms with van der Waals surface area (Å²) >= 11 is 0. The van der Waals surface area contributed by atoms with Gasteiger partial charge in [0.1, 0.15) is 0 Å². The lowest BCUT2D eigenvalue weighted by molar-refractivity contribution is 0.0220. The van der Waals surface area contributed by atoms with Crippen LogP contribution in [0.15, 0.2) is 9.52 Å². The summed E-state index contributed by atoms with van der Waals surface area (Å²) in [6, 6.07) is 0.406.